The molecule has 1 aliphatic heterocycles. The number of thioether (sulfide) groups is 1. The van der Waals surface area contributed by atoms with E-state index in [0.29, 0.717) is 59.2 Å². The molecule has 0 radical (unpaired) electrons. The Balaban J connectivity index is 1.60. The summed E-state index contributed by atoms with van der Waals surface area (Å²) in [6, 6.07) is 12.2. The number of benzene rings is 2. The highest BCUT2D eigenvalue weighted by atomic mass is 32.2. The summed E-state index contributed by atoms with van der Waals surface area (Å²) in [5.74, 6) is 0.141. The predicted molar refractivity (Wildman–Crippen MR) is 127 cm³/mol. The van der Waals surface area contributed by atoms with Crippen LogP contribution in [0.25, 0.3) is 10.9 Å². The number of nitrogens with zero attached hydrogens (tertiary/aromatic N) is 2. The molecule has 1 unspecified atom stereocenters. The number of hydrogen-bond donors (Lipinski definition) is 1. The van der Waals surface area contributed by atoms with Gasteiger partial charge >= 0.3 is 0 Å². The van der Waals surface area contributed by atoms with E-state index < -0.39 is 5.25 Å². The summed E-state index contributed by atoms with van der Waals surface area (Å²) in [4.78, 5) is 42.6. The van der Waals surface area contributed by atoms with Gasteiger partial charge in [0, 0.05) is 25.3 Å². The number of amides is 1. The van der Waals surface area contributed by atoms with Crippen LogP contribution in [0.15, 0.2) is 52.4 Å². The van der Waals surface area contributed by atoms with Crippen molar-refractivity contribution in [2.24, 2.45) is 0 Å². The number of nitrogens with one attached hydrogen (secondary N) is 1. The number of ketones is 1. The van der Waals surface area contributed by atoms with Crippen LogP contribution in [0.4, 0.5) is 5.69 Å². The van der Waals surface area contributed by atoms with E-state index >= 15 is 0 Å². The molecule has 0 fully saturated rings. The van der Waals surface area contributed by atoms with Crippen molar-refractivity contribution in [3.63, 3.8) is 0 Å². The number of ether oxygens (including phenoxy) is 2. The van der Waals surface area contributed by atoms with Gasteiger partial charge in [-0.05, 0) is 50.6 Å². The van der Waals surface area contributed by atoms with Crippen LogP contribution < -0.4 is 15.6 Å². The van der Waals surface area contributed by atoms with Crippen molar-refractivity contribution in [3.8, 4) is 5.75 Å². The van der Waals surface area contributed by atoms with Gasteiger partial charge in [-0.15, -0.1) is 0 Å². The fourth-order valence-electron chi connectivity index (χ4n) is 3.59. The maximum absolute atomic E-state index is 13.2. The van der Waals surface area contributed by atoms with Gasteiger partial charge < -0.3 is 14.8 Å². The van der Waals surface area contributed by atoms with Crippen LogP contribution in [-0.4, -0.2) is 46.3 Å². The van der Waals surface area contributed by atoms with Gasteiger partial charge in [0.05, 0.1) is 21.8 Å². The highest BCUT2D eigenvalue weighted by Crippen LogP contribution is 2.31. The van der Waals surface area contributed by atoms with Gasteiger partial charge in [-0.1, -0.05) is 23.9 Å². The first-order valence-corrected chi connectivity index (χ1v) is 11.7. The molecule has 1 atom stereocenters. The zero-order chi connectivity index (χ0) is 23.4. The third-order valence-electron chi connectivity index (χ3n) is 5.25. The van der Waals surface area contributed by atoms with Gasteiger partial charge in [-0.2, -0.15) is 0 Å². The van der Waals surface area contributed by atoms with E-state index in [1.165, 1.54) is 11.8 Å². The Morgan fingerprint density at radius 1 is 1.27 bits per heavy atom. The summed E-state index contributed by atoms with van der Waals surface area (Å²) in [6.07, 6.45) is 0.661. The molecule has 9 heteroatoms. The second kappa shape index (κ2) is 10.2. The number of para-hydroxylation sites is 1. The van der Waals surface area contributed by atoms with Crippen LogP contribution in [0.5, 0.6) is 5.75 Å². The third kappa shape index (κ3) is 5.09. The summed E-state index contributed by atoms with van der Waals surface area (Å²) >= 11 is 1.25. The fraction of sp³-hybridized carbons (Fsp3) is 0.333. The first-order valence-electron chi connectivity index (χ1n) is 10.8. The molecule has 8 nitrogen and oxygen atoms in total. The molecular weight excluding hydrogens is 442 g/mol. The number of Topliss-reactive ketones (excluding diaryl/α,β-unsaturated/α-hetero) is 1. The lowest BCUT2D eigenvalue weighted by Gasteiger charge is -2.19. The first kappa shape index (κ1) is 23.0. The number of hydrogen-bond acceptors (Lipinski definition) is 7. The normalized spacial score (nSPS) is 13.8. The fourth-order valence-corrected chi connectivity index (χ4v) is 4.60. The Morgan fingerprint density at radius 2 is 2.09 bits per heavy atom. The lowest BCUT2D eigenvalue weighted by atomic mass is 10.1. The molecule has 0 bridgehead atoms. The zero-order valence-corrected chi connectivity index (χ0v) is 19.3. The molecule has 4 rings (SSSR count). The van der Waals surface area contributed by atoms with Crippen LogP contribution >= 0.6 is 11.8 Å². The third-order valence-corrected chi connectivity index (χ3v) is 6.34. The maximum atomic E-state index is 13.2. The molecule has 172 valence electrons. The number of carbonyl (C=O) groups excluding carboxylic acids is 2. The molecule has 3 aromatic rings. The molecule has 0 saturated heterocycles. The van der Waals surface area contributed by atoms with Gasteiger partial charge in [0.15, 0.2) is 17.5 Å². The number of aromatic nitrogens is 2. The maximum Gasteiger partial charge on any atom is 0.262 e. The van der Waals surface area contributed by atoms with Gasteiger partial charge in [-0.25, -0.2) is 4.98 Å². The molecule has 0 saturated carbocycles. The zero-order valence-electron chi connectivity index (χ0n) is 18.5. The Hall–Kier alpha value is -3.17. The largest absolute Gasteiger partial charge is 0.482 e. The van der Waals surface area contributed by atoms with E-state index in [-0.39, 0.29) is 23.9 Å². The lowest BCUT2D eigenvalue weighted by molar-refractivity contribution is -0.118. The van der Waals surface area contributed by atoms with Crippen molar-refractivity contribution in [1.29, 1.82) is 0 Å². The summed E-state index contributed by atoms with van der Waals surface area (Å²) in [5.41, 5.74) is 1.39. The van der Waals surface area contributed by atoms with Gasteiger partial charge in [-0.3, -0.25) is 19.0 Å². The van der Waals surface area contributed by atoms with E-state index in [4.69, 9.17) is 9.47 Å². The van der Waals surface area contributed by atoms with Crippen molar-refractivity contribution < 1.29 is 19.1 Å². The molecule has 1 amide bonds. The number of rotatable bonds is 9. The Labute approximate surface area is 195 Å². The molecule has 0 aliphatic carbocycles. The average molecular weight is 468 g/mol. The van der Waals surface area contributed by atoms with E-state index in [2.05, 4.69) is 10.3 Å². The Kier molecular flexibility index (Phi) is 7.10. The van der Waals surface area contributed by atoms with Crippen LogP contribution in [-0.2, 0) is 16.1 Å². The highest BCUT2D eigenvalue weighted by Gasteiger charge is 2.23. The Bertz CT molecular complexity index is 1260. The van der Waals surface area contributed by atoms with Gasteiger partial charge in [0.2, 0.25) is 0 Å². The van der Waals surface area contributed by atoms with Crippen molar-refractivity contribution in [3.05, 3.63) is 58.4 Å². The molecule has 1 aliphatic rings. The SMILES string of the molecule is CCOCCCn1c(SC(C)C(=O)c2ccc3c(c2)NC(=O)CO3)nc2ccccc2c1=O. The number of carbonyl (C=O) groups is 2. The minimum absolute atomic E-state index is 0.0407. The minimum Gasteiger partial charge on any atom is -0.482 e. The molecule has 1 aromatic heterocycles. The van der Waals surface area contributed by atoms with Crippen molar-refractivity contribution in [1.82, 2.24) is 9.55 Å². The van der Waals surface area contributed by atoms with Crippen molar-refractivity contribution in [2.45, 2.75) is 37.2 Å². The molecule has 33 heavy (non-hydrogen) atoms. The lowest BCUT2D eigenvalue weighted by Crippen LogP contribution is -2.26. The highest BCUT2D eigenvalue weighted by molar-refractivity contribution is 8.00. The number of fused-ring (bicyclic) bond motifs is 2. The van der Waals surface area contributed by atoms with Crippen molar-refractivity contribution in [2.75, 3.05) is 25.1 Å². The second-order valence-electron chi connectivity index (χ2n) is 7.59. The smallest absolute Gasteiger partial charge is 0.262 e. The Morgan fingerprint density at radius 3 is 2.91 bits per heavy atom. The van der Waals surface area contributed by atoms with Gasteiger partial charge in [0.1, 0.15) is 5.75 Å². The topological polar surface area (TPSA) is 99.5 Å². The summed E-state index contributed by atoms with van der Waals surface area (Å²) in [6.45, 7) is 5.27. The molecule has 2 heterocycles. The average Bonchev–Trinajstić information content (AvgIpc) is 2.82. The summed E-state index contributed by atoms with van der Waals surface area (Å²) < 4.78 is 12.4. The standard InChI is InChI=1S/C24H25N3O5S/c1-3-31-12-6-11-27-23(30)17-7-4-5-8-18(17)26-24(27)33-15(2)22(29)16-9-10-20-19(13-16)25-21(28)14-32-20/h4-5,7-10,13,15H,3,6,11-12,14H2,1-2H3,(H,25,28). The first-order chi connectivity index (χ1) is 16.0. The monoisotopic (exact) mass is 467 g/mol. The molecule has 0 spiro atoms. The van der Waals surface area contributed by atoms with E-state index in [0.717, 1.165) is 0 Å². The van der Waals surface area contributed by atoms with Crippen LogP contribution in [0.3, 0.4) is 0 Å². The summed E-state index contributed by atoms with van der Waals surface area (Å²) in [7, 11) is 0. The summed E-state index contributed by atoms with van der Waals surface area (Å²) in [5, 5.41) is 3.25. The quantitative estimate of drug-likeness (QED) is 0.222. The molecule has 2 aromatic carbocycles. The van der Waals surface area contributed by atoms with Gasteiger partial charge in [0.25, 0.3) is 11.5 Å². The number of anilines is 1. The second-order valence-corrected chi connectivity index (χ2v) is 8.90. The van der Waals surface area contributed by atoms with Crippen LogP contribution in [0.1, 0.15) is 30.6 Å². The molecule has 1 N–H and O–H groups in total. The van der Waals surface area contributed by atoms with Crippen LogP contribution in [0.2, 0.25) is 0 Å². The predicted octanol–water partition coefficient (Wildman–Crippen LogP) is 3.52. The molecular formula is C24H25N3O5S. The van der Waals surface area contributed by atoms with E-state index in [1.54, 1.807) is 41.8 Å². The van der Waals surface area contributed by atoms with E-state index in [9.17, 15) is 14.4 Å². The van der Waals surface area contributed by atoms with Crippen molar-refractivity contribution >= 4 is 40.0 Å². The van der Waals surface area contributed by atoms with E-state index in [1.807, 2.05) is 19.1 Å². The minimum atomic E-state index is -0.505. The van der Waals surface area contributed by atoms with Crippen LogP contribution in [0, 0.1) is 0 Å².